The summed E-state index contributed by atoms with van der Waals surface area (Å²) < 4.78 is 25.7. The number of rotatable bonds is 3. The van der Waals surface area contributed by atoms with Gasteiger partial charge in [0.25, 0.3) is 11.5 Å². The van der Waals surface area contributed by atoms with Gasteiger partial charge in [-0.15, -0.1) is 0 Å². The van der Waals surface area contributed by atoms with Crippen molar-refractivity contribution in [3.63, 3.8) is 0 Å². The van der Waals surface area contributed by atoms with Crippen LogP contribution in [0.2, 0.25) is 5.02 Å². The minimum Gasteiger partial charge on any atom is -0.321 e. The van der Waals surface area contributed by atoms with Crippen molar-refractivity contribution in [2.75, 3.05) is 11.6 Å². The normalized spacial score (nSPS) is 11.6. The third-order valence-electron chi connectivity index (χ3n) is 4.14. The van der Waals surface area contributed by atoms with E-state index in [1.54, 1.807) is 0 Å². The minimum atomic E-state index is -3.61. The Kier molecular flexibility index (Phi) is 4.86. The third-order valence-corrected chi connectivity index (χ3v) is 5.72. The van der Waals surface area contributed by atoms with Crippen LogP contribution in [0.3, 0.4) is 0 Å². The van der Waals surface area contributed by atoms with Crippen molar-refractivity contribution in [2.45, 2.75) is 4.90 Å². The first-order valence-corrected chi connectivity index (χ1v) is 10.1. The summed E-state index contributed by atoms with van der Waals surface area (Å²) in [6, 6.07) is 5.26. The first-order valence-electron chi connectivity index (χ1n) is 7.87. The molecule has 2 heterocycles. The molecule has 9 nitrogen and oxygen atoms in total. The molecule has 1 aromatic carbocycles. The maximum atomic E-state index is 12.5. The Morgan fingerprint density at radius 2 is 1.82 bits per heavy atom. The molecule has 0 saturated carbocycles. The number of nitrogens with one attached hydrogen (secondary N) is 1. The fraction of sp³-hybridized carbons (Fsp3) is 0.176. The smallest absolute Gasteiger partial charge is 0.321 e. The van der Waals surface area contributed by atoms with Crippen LogP contribution in [0.15, 0.2) is 44.9 Å². The van der Waals surface area contributed by atoms with Crippen LogP contribution in [0.25, 0.3) is 11.0 Å². The van der Waals surface area contributed by atoms with Gasteiger partial charge in [-0.1, -0.05) is 11.6 Å². The molecule has 0 atom stereocenters. The van der Waals surface area contributed by atoms with Crippen molar-refractivity contribution in [3.05, 3.63) is 61.9 Å². The van der Waals surface area contributed by atoms with Crippen LogP contribution < -0.4 is 16.6 Å². The average molecular weight is 423 g/mol. The molecule has 0 fully saturated rings. The molecular formula is C17H15ClN4O5S. The molecule has 0 saturated heterocycles. The van der Waals surface area contributed by atoms with Gasteiger partial charge in [-0.2, -0.15) is 0 Å². The van der Waals surface area contributed by atoms with Crippen molar-refractivity contribution < 1.29 is 13.2 Å². The Hall–Kier alpha value is -2.98. The number of carbonyl (C=O) groups is 1. The zero-order valence-corrected chi connectivity index (χ0v) is 16.6. The van der Waals surface area contributed by atoms with E-state index in [4.69, 9.17) is 11.6 Å². The number of pyridine rings is 1. The van der Waals surface area contributed by atoms with Gasteiger partial charge in [0.05, 0.1) is 27.2 Å². The summed E-state index contributed by atoms with van der Waals surface area (Å²) in [6.07, 6.45) is 2.29. The molecule has 1 N–H and O–H groups in total. The molecule has 1 amide bonds. The summed E-state index contributed by atoms with van der Waals surface area (Å²) in [7, 11) is -0.786. The molecule has 11 heteroatoms. The highest BCUT2D eigenvalue weighted by atomic mass is 35.5. The van der Waals surface area contributed by atoms with E-state index in [0.29, 0.717) is 0 Å². The lowest BCUT2D eigenvalue weighted by Gasteiger charge is -2.10. The van der Waals surface area contributed by atoms with Crippen LogP contribution in [-0.2, 0) is 23.9 Å². The lowest BCUT2D eigenvalue weighted by molar-refractivity contribution is 0.102. The van der Waals surface area contributed by atoms with Crippen molar-refractivity contribution >= 4 is 44.1 Å². The number of benzene rings is 1. The van der Waals surface area contributed by atoms with Crippen molar-refractivity contribution in [3.8, 4) is 0 Å². The third kappa shape index (κ3) is 3.43. The number of aryl methyl sites for hydroxylation is 1. The number of fused-ring (bicyclic) bond motifs is 1. The van der Waals surface area contributed by atoms with Gasteiger partial charge in [0.2, 0.25) is 0 Å². The number of halogens is 1. The molecule has 3 aromatic rings. The van der Waals surface area contributed by atoms with Crippen LogP contribution in [0.4, 0.5) is 5.69 Å². The van der Waals surface area contributed by atoms with Gasteiger partial charge >= 0.3 is 5.69 Å². The van der Waals surface area contributed by atoms with E-state index in [0.717, 1.165) is 10.8 Å². The zero-order valence-electron chi connectivity index (χ0n) is 15.1. The number of hydrogen-bond donors (Lipinski definition) is 1. The summed E-state index contributed by atoms with van der Waals surface area (Å²) >= 11 is 5.89. The van der Waals surface area contributed by atoms with E-state index in [9.17, 15) is 22.8 Å². The number of hydrogen-bond acceptors (Lipinski definition) is 6. The van der Waals surface area contributed by atoms with Gasteiger partial charge in [-0.25, -0.2) is 18.2 Å². The molecule has 2 aromatic heterocycles. The highest BCUT2D eigenvalue weighted by Crippen LogP contribution is 2.23. The summed E-state index contributed by atoms with van der Waals surface area (Å²) in [5.41, 5.74) is -0.608. The predicted octanol–water partition coefficient (Wildman–Crippen LogP) is 0.941. The quantitative estimate of drug-likeness (QED) is 0.670. The molecule has 0 bridgehead atoms. The van der Waals surface area contributed by atoms with Gasteiger partial charge in [0.1, 0.15) is 5.65 Å². The van der Waals surface area contributed by atoms with E-state index >= 15 is 0 Å². The van der Waals surface area contributed by atoms with Crippen LogP contribution in [0.5, 0.6) is 0 Å². The average Bonchev–Trinajstić information content (AvgIpc) is 2.64. The molecule has 0 aliphatic heterocycles. The standard InChI is InChI=1S/C17H15ClN4O5S/c1-21-14-11(16(24)22(2)17(21)25)7-10(8-19-14)20-15(23)9-4-5-12(18)13(6-9)28(3,26)27/h4-8H,1-3H3,(H,20,23). The van der Waals surface area contributed by atoms with E-state index in [1.807, 2.05) is 0 Å². The Labute approximate surface area is 164 Å². The molecule has 0 radical (unpaired) electrons. The van der Waals surface area contributed by atoms with Crippen LogP contribution in [-0.4, -0.2) is 34.7 Å². The van der Waals surface area contributed by atoms with Crippen LogP contribution in [0, 0.1) is 0 Å². The fourth-order valence-electron chi connectivity index (χ4n) is 2.67. The predicted molar refractivity (Wildman–Crippen MR) is 105 cm³/mol. The molecule has 28 heavy (non-hydrogen) atoms. The van der Waals surface area contributed by atoms with E-state index < -0.39 is 27.0 Å². The SMILES string of the molecule is Cn1c(=O)c2cc(NC(=O)c3ccc(Cl)c(S(C)(=O)=O)c3)cnc2n(C)c1=O. The number of carbonyl (C=O) groups excluding carboxylic acids is 1. The molecular weight excluding hydrogens is 408 g/mol. The molecule has 3 rings (SSSR count). The molecule has 0 unspecified atom stereocenters. The molecule has 0 aliphatic carbocycles. The Bertz CT molecular complexity index is 1360. The summed E-state index contributed by atoms with van der Waals surface area (Å²) in [5.74, 6) is -0.607. The topological polar surface area (TPSA) is 120 Å². The maximum absolute atomic E-state index is 12.5. The van der Waals surface area contributed by atoms with E-state index in [1.165, 1.54) is 49.1 Å². The fourth-order valence-corrected chi connectivity index (χ4v) is 3.97. The Morgan fingerprint density at radius 3 is 2.46 bits per heavy atom. The molecule has 146 valence electrons. The summed E-state index contributed by atoms with van der Waals surface area (Å²) in [5, 5.41) is 2.71. The Balaban J connectivity index is 2.03. The number of aromatic nitrogens is 3. The Morgan fingerprint density at radius 1 is 1.14 bits per heavy atom. The van der Waals surface area contributed by atoms with E-state index in [-0.39, 0.29) is 32.2 Å². The lowest BCUT2D eigenvalue weighted by Crippen LogP contribution is -2.37. The van der Waals surface area contributed by atoms with Gasteiger partial charge in [-0.05, 0) is 24.3 Å². The number of nitrogens with zero attached hydrogens (tertiary/aromatic N) is 3. The second-order valence-corrected chi connectivity index (χ2v) is 8.56. The maximum Gasteiger partial charge on any atom is 0.332 e. The largest absolute Gasteiger partial charge is 0.332 e. The highest BCUT2D eigenvalue weighted by molar-refractivity contribution is 7.90. The second-order valence-electron chi connectivity index (χ2n) is 6.17. The molecule has 0 aliphatic rings. The van der Waals surface area contributed by atoms with Crippen LogP contribution in [0.1, 0.15) is 10.4 Å². The highest BCUT2D eigenvalue weighted by Gasteiger charge is 2.17. The summed E-state index contributed by atoms with van der Waals surface area (Å²) in [6.45, 7) is 0. The van der Waals surface area contributed by atoms with Crippen molar-refractivity contribution in [2.24, 2.45) is 14.1 Å². The van der Waals surface area contributed by atoms with Crippen LogP contribution >= 0.6 is 11.6 Å². The number of amides is 1. The van der Waals surface area contributed by atoms with E-state index in [2.05, 4.69) is 10.3 Å². The number of sulfone groups is 1. The van der Waals surface area contributed by atoms with Crippen molar-refractivity contribution in [1.82, 2.24) is 14.1 Å². The first kappa shape index (κ1) is 19.8. The lowest BCUT2D eigenvalue weighted by atomic mass is 10.2. The second kappa shape index (κ2) is 6.88. The first-order chi connectivity index (χ1) is 13.0. The number of anilines is 1. The van der Waals surface area contributed by atoms with Gasteiger partial charge < -0.3 is 5.32 Å². The minimum absolute atomic E-state index is 0.0100. The van der Waals surface area contributed by atoms with Gasteiger partial charge in [0.15, 0.2) is 9.84 Å². The van der Waals surface area contributed by atoms with Gasteiger partial charge in [0, 0.05) is 25.9 Å². The molecule has 0 spiro atoms. The van der Waals surface area contributed by atoms with Crippen molar-refractivity contribution in [1.29, 1.82) is 0 Å². The monoisotopic (exact) mass is 422 g/mol. The van der Waals surface area contributed by atoms with Gasteiger partial charge in [-0.3, -0.25) is 18.7 Å². The summed E-state index contributed by atoms with van der Waals surface area (Å²) in [4.78, 5) is 40.7. The zero-order chi connectivity index (χ0) is 20.8.